The molecule has 0 aliphatic rings. The lowest BCUT2D eigenvalue weighted by Gasteiger charge is -2.00. The van der Waals surface area contributed by atoms with Gasteiger partial charge in [-0.3, -0.25) is 4.79 Å². The molecule has 0 fully saturated rings. The summed E-state index contributed by atoms with van der Waals surface area (Å²) in [6, 6.07) is 0. The fourth-order valence-electron chi connectivity index (χ4n) is 2.00. The minimum Gasteiger partial charge on any atom is -0.469 e. The van der Waals surface area contributed by atoms with Gasteiger partial charge in [-0.05, 0) is 12.8 Å². The highest BCUT2D eigenvalue weighted by molar-refractivity contribution is 5.69. The Morgan fingerprint density at radius 3 is 2.78 bits per heavy atom. The first-order valence-electron chi connectivity index (χ1n) is 6.86. The zero-order valence-corrected chi connectivity index (χ0v) is 11.8. The van der Waals surface area contributed by atoms with Gasteiger partial charge in [-0.25, -0.2) is 9.13 Å². The lowest BCUT2D eigenvalue weighted by atomic mass is 10.2. The van der Waals surface area contributed by atoms with Crippen molar-refractivity contribution in [1.82, 2.24) is 4.57 Å². The second-order valence-electron chi connectivity index (χ2n) is 4.60. The van der Waals surface area contributed by atoms with E-state index < -0.39 is 0 Å². The summed E-state index contributed by atoms with van der Waals surface area (Å²) >= 11 is 0. The Labute approximate surface area is 110 Å². The number of unbranched alkanes of at least 4 members (excludes halogenated alkanes) is 1. The standard InChI is InChI=1S/C14H25N2O2/c1-4-6-10-16-12-15(9-5-2)11-13(16)7-8-14(17)18-3/h11-12H,4-10H2,1-3H3/q+1. The molecule has 1 aromatic heterocycles. The van der Waals surface area contributed by atoms with Gasteiger partial charge in [0.2, 0.25) is 6.33 Å². The number of carbonyl (C=O) groups excluding carboxylic acids is 1. The normalized spacial score (nSPS) is 10.6. The monoisotopic (exact) mass is 253 g/mol. The summed E-state index contributed by atoms with van der Waals surface area (Å²) in [4.78, 5) is 11.2. The van der Waals surface area contributed by atoms with Crippen LogP contribution in [0.15, 0.2) is 12.5 Å². The van der Waals surface area contributed by atoms with Crippen molar-refractivity contribution >= 4 is 5.97 Å². The van der Waals surface area contributed by atoms with Gasteiger partial charge in [0.1, 0.15) is 11.9 Å². The number of ether oxygens (including phenoxy) is 1. The van der Waals surface area contributed by atoms with Crippen LogP contribution in [0.5, 0.6) is 0 Å². The number of methoxy groups -OCH3 is 1. The molecule has 0 amide bonds. The Kier molecular flexibility index (Phi) is 6.47. The third-order valence-corrected chi connectivity index (χ3v) is 3.02. The van der Waals surface area contributed by atoms with E-state index in [-0.39, 0.29) is 5.97 Å². The quantitative estimate of drug-likeness (QED) is 0.525. The van der Waals surface area contributed by atoms with E-state index in [9.17, 15) is 4.79 Å². The van der Waals surface area contributed by atoms with Crippen molar-refractivity contribution < 1.29 is 14.1 Å². The van der Waals surface area contributed by atoms with Crippen LogP contribution in [0.1, 0.15) is 45.2 Å². The van der Waals surface area contributed by atoms with Crippen molar-refractivity contribution in [3.8, 4) is 0 Å². The van der Waals surface area contributed by atoms with E-state index in [4.69, 9.17) is 4.74 Å². The summed E-state index contributed by atoms with van der Waals surface area (Å²) in [5, 5.41) is 0. The molecule has 4 nitrogen and oxygen atoms in total. The molecule has 0 unspecified atom stereocenters. The lowest BCUT2D eigenvalue weighted by Crippen LogP contribution is -2.30. The highest BCUT2D eigenvalue weighted by atomic mass is 16.5. The van der Waals surface area contributed by atoms with Crippen LogP contribution in [0.4, 0.5) is 0 Å². The van der Waals surface area contributed by atoms with E-state index in [0.29, 0.717) is 6.42 Å². The molecule has 18 heavy (non-hydrogen) atoms. The van der Waals surface area contributed by atoms with Crippen molar-refractivity contribution in [2.75, 3.05) is 7.11 Å². The summed E-state index contributed by atoms with van der Waals surface area (Å²) in [5.74, 6) is -0.139. The third kappa shape index (κ3) is 4.51. The number of carbonyl (C=O) groups is 1. The van der Waals surface area contributed by atoms with Gasteiger partial charge in [0.05, 0.1) is 26.6 Å². The Hall–Kier alpha value is -1.32. The zero-order chi connectivity index (χ0) is 13.4. The molecule has 0 saturated heterocycles. The molecule has 0 bridgehead atoms. The number of esters is 1. The van der Waals surface area contributed by atoms with Crippen LogP contribution in [0.2, 0.25) is 0 Å². The molecular weight excluding hydrogens is 228 g/mol. The van der Waals surface area contributed by atoms with Gasteiger partial charge in [0, 0.05) is 6.42 Å². The fraction of sp³-hybridized carbons (Fsp3) is 0.714. The number of aromatic nitrogens is 2. The average molecular weight is 253 g/mol. The number of nitrogens with zero attached hydrogens (tertiary/aromatic N) is 2. The summed E-state index contributed by atoms with van der Waals surface area (Å²) < 4.78 is 9.17. The second-order valence-corrected chi connectivity index (χ2v) is 4.60. The molecule has 0 aromatic carbocycles. The summed E-state index contributed by atoms with van der Waals surface area (Å²) in [7, 11) is 1.44. The molecule has 0 aliphatic heterocycles. The molecule has 4 heteroatoms. The van der Waals surface area contributed by atoms with Crippen LogP contribution in [0.25, 0.3) is 0 Å². The first kappa shape index (κ1) is 14.7. The van der Waals surface area contributed by atoms with Gasteiger partial charge >= 0.3 is 5.97 Å². The van der Waals surface area contributed by atoms with Gasteiger partial charge < -0.3 is 4.74 Å². The minimum atomic E-state index is -0.139. The van der Waals surface area contributed by atoms with Gasteiger partial charge in [-0.2, -0.15) is 0 Å². The molecule has 0 N–H and O–H groups in total. The van der Waals surface area contributed by atoms with E-state index in [1.165, 1.54) is 25.6 Å². The third-order valence-electron chi connectivity index (χ3n) is 3.02. The highest BCUT2D eigenvalue weighted by Crippen LogP contribution is 2.05. The molecule has 102 valence electrons. The van der Waals surface area contributed by atoms with Crippen molar-refractivity contribution in [3.05, 3.63) is 18.2 Å². The van der Waals surface area contributed by atoms with Gasteiger partial charge in [0.25, 0.3) is 0 Å². The summed E-state index contributed by atoms with van der Waals surface area (Å²) in [5.41, 5.74) is 1.22. The molecule has 1 heterocycles. The predicted molar refractivity (Wildman–Crippen MR) is 70.2 cm³/mol. The molecule has 1 rings (SSSR count). The van der Waals surface area contributed by atoms with Gasteiger partial charge in [0.15, 0.2) is 0 Å². The van der Waals surface area contributed by atoms with Crippen LogP contribution in [-0.2, 0) is 29.0 Å². The smallest absolute Gasteiger partial charge is 0.305 e. The summed E-state index contributed by atoms with van der Waals surface area (Å²) in [6.45, 7) is 6.43. The van der Waals surface area contributed by atoms with E-state index in [1.807, 2.05) is 0 Å². The first-order chi connectivity index (χ1) is 8.71. The zero-order valence-electron chi connectivity index (χ0n) is 11.8. The van der Waals surface area contributed by atoms with Crippen LogP contribution >= 0.6 is 0 Å². The van der Waals surface area contributed by atoms with Crippen LogP contribution in [0, 0.1) is 0 Å². The number of hydrogen-bond acceptors (Lipinski definition) is 2. The SMILES string of the molecule is CCCCn1c[n+](CCC)cc1CCC(=O)OC. The largest absolute Gasteiger partial charge is 0.469 e. The first-order valence-corrected chi connectivity index (χ1v) is 6.86. The van der Waals surface area contributed by atoms with E-state index in [0.717, 1.165) is 25.9 Å². The van der Waals surface area contributed by atoms with E-state index in [2.05, 4.69) is 35.5 Å². The topological polar surface area (TPSA) is 35.1 Å². The average Bonchev–Trinajstić information content (AvgIpc) is 2.76. The molecule has 0 saturated carbocycles. The van der Waals surface area contributed by atoms with Crippen LogP contribution in [0.3, 0.4) is 0 Å². The molecule has 1 aromatic rings. The molecule has 0 aliphatic carbocycles. The number of hydrogen-bond donors (Lipinski definition) is 0. The molecule has 0 radical (unpaired) electrons. The Morgan fingerprint density at radius 2 is 2.17 bits per heavy atom. The number of imidazole rings is 1. The highest BCUT2D eigenvalue weighted by Gasteiger charge is 2.14. The van der Waals surface area contributed by atoms with Crippen LogP contribution in [-0.4, -0.2) is 17.6 Å². The van der Waals surface area contributed by atoms with E-state index in [1.54, 1.807) is 0 Å². The molecule has 0 spiro atoms. The minimum absolute atomic E-state index is 0.139. The second kappa shape index (κ2) is 7.90. The number of aryl methyl sites for hydroxylation is 3. The van der Waals surface area contributed by atoms with Crippen molar-refractivity contribution in [2.45, 2.75) is 59.0 Å². The van der Waals surface area contributed by atoms with Gasteiger partial charge in [-0.15, -0.1) is 0 Å². The fourth-order valence-corrected chi connectivity index (χ4v) is 2.00. The van der Waals surface area contributed by atoms with Crippen molar-refractivity contribution in [1.29, 1.82) is 0 Å². The molecular formula is C14H25N2O2+. The number of rotatable bonds is 8. The van der Waals surface area contributed by atoms with Crippen LogP contribution < -0.4 is 4.57 Å². The summed E-state index contributed by atoms with van der Waals surface area (Å²) in [6.07, 6.45) is 9.01. The van der Waals surface area contributed by atoms with E-state index >= 15 is 0 Å². The maximum Gasteiger partial charge on any atom is 0.305 e. The predicted octanol–water partition coefficient (Wildman–Crippen LogP) is 2.09. The van der Waals surface area contributed by atoms with Crippen molar-refractivity contribution in [3.63, 3.8) is 0 Å². The Balaban J connectivity index is 2.68. The maximum absolute atomic E-state index is 11.2. The van der Waals surface area contributed by atoms with Crippen molar-refractivity contribution in [2.24, 2.45) is 0 Å². The molecule has 0 atom stereocenters. The Bertz CT molecular complexity index is 372. The lowest BCUT2D eigenvalue weighted by molar-refractivity contribution is -0.696. The van der Waals surface area contributed by atoms with Gasteiger partial charge in [-0.1, -0.05) is 20.3 Å². The Morgan fingerprint density at radius 1 is 1.39 bits per heavy atom. The maximum atomic E-state index is 11.2.